The van der Waals surface area contributed by atoms with E-state index in [1.165, 1.54) is 27.8 Å². The highest BCUT2D eigenvalue weighted by Gasteiger charge is 2.18. The molecule has 0 radical (unpaired) electrons. The second-order valence-electron chi connectivity index (χ2n) is 6.46. The van der Waals surface area contributed by atoms with E-state index in [2.05, 4.69) is 57.3 Å². The summed E-state index contributed by atoms with van der Waals surface area (Å²) >= 11 is 1.67. The van der Waals surface area contributed by atoms with Crippen LogP contribution in [0.4, 0.5) is 0 Å². The maximum absolute atomic E-state index is 12.5. The monoisotopic (exact) mass is 341 g/mol. The Bertz CT molecular complexity index is 696. The molecule has 0 fully saturated rings. The highest BCUT2D eigenvalue weighted by molar-refractivity contribution is 7.99. The predicted octanol–water partition coefficient (Wildman–Crippen LogP) is 5.11. The van der Waals surface area contributed by atoms with E-state index in [0.717, 1.165) is 5.75 Å². The van der Waals surface area contributed by atoms with Crippen molar-refractivity contribution in [3.05, 3.63) is 70.3 Å². The molecule has 1 amide bonds. The number of hydrogen-bond acceptors (Lipinski definition) is 2. The third-order valence-electron chi connectivity index (χ3n) is 4.42. The van der Waals surface area contributed by atoms with Crippen molar-refractivity contribution in [3.8, 4) is 0 Å². The summed E-state index contributed by atoms with van der Waals surface area (Å²) in [4.78, 5) is 12.5. The predicted molar refractivity (Wildman–Crippen MR) is 104 cm³/mol. The van der Waals surface area contributed by atoms with Gasteiger partial charge in [-0.15, -0.1) is 11.8 Å². The standard InChI is InChI=1S/C21H27NOS/c1-14-11-16(3)20(12-15(14)2)17(4)22-21(23)18(5)24-13-19-9-7-6-8-10-19/h6-12,17-18H,13H2,1-5H3,(H,22,23)/t17-,18-/m0/s1. The Morgan fingerprint density at radius 3 is 2.29 bits per heavy atom. The summed E-state index contributed by atoms with van der Waals surface area (Å²) in [6, 6.07) is 14.7. The Kier molecular flexibility index (Phi) is 6.50. The molecule has 0 aliphatic carbocycles. The molecular weight excluding hydrogens is 314 g/mol. The van der Waals surface area contributed by atoms with Gasteiger partial charge in [-0.25, -0.2) is 0 Å². The summed E-state index contributed by atoms with van der Waals surface area (Å²) in [5.41, 5.74) is 6.24. The Hall–Kier alpha value is -1.74. The van der Waals surface area contributed by atoms with Gasteiger partial charge in [0.2, 0.25) is 5.91 Å². The van der Waals surface area contributed by atoms with E-state index in [1.54, 1.807) is 11.8 Å². The molecule has 2 rings (SSSR count). The normalized spacial score (nSPS) is 13.4. The van der Waals surface area contributed by atoms with Crippen molar-refractivity contribution in [2.75, 3.05) is 0 Å². The second kappa shape index (κ2) is 8.39. The van der Waals surface area contributed by atoms with Gasteiger partial charge in [0.05, 0.1) is 11.3 Å². The van der Waals surface area contributed by atoms with Gasteiger partial charge in [-0.1, -0.05) is 42.5 Å². The molecule has 2 atom stereocenters. The molecule has 2 aromatic carbocycles. The SMILES string of the molecule is Cc1cc(C)c([C@H](C)NC(=O)[C@H](C)SCc2ccccc2)cc1C. The van der Waals surface area contributed by atoms with Gasteiger partial charge < -0.3 is 5.32 Å². The number of carbonyl (C=O) groups is 1. The van der Waals surface area contributed by atoms with Crippen molar-refractivity contribution >= 4 is 17.7 Å². The van der Waals surface area contributed by atoms with Crippen LogP contribution in [0.1, 0.15) is 47.7 Å². The average Bonchev–Trinajstić information content (AvgIpc) is 2.56. The topological polar surface area (TPSA) is 29.1 Å². The van der Waals surface area contributed by atoms with Crippen LogP contribution < -0.4 is 5.32 Å². The maximum atomic E-state index is 12.5. The zero-order valence-corrected chi connectivity index (χ0v) is 16.0. The molecule has 0 unspecified atom stereocenters. The molecule has 24 heavy (non-hydrogen) atoms. The van der Waals surface area contributed by atoms with Gasteiger partial charge in [-0.3, -0.25) is 4.79 Å². The molecule has 2 aromatic rings. The molecule has 0 heterocycles. The molecule has 0 saturated carbocycles. The third-order valence-corrected chi connectivity index (χ3v) is 5.63. The van der Waals surface area contributed by atoms with Gasteiger partial charge in [-0.05, 0) is 62.4 Å². The fourth-order valence-corrected chi connectivity index (χ4v) is 3.58. The lowest BCUT2D eigenvalue weighted by Crippen LogP contribution is -2.33. The minimum absolute atomic E-state index is 0.0246. The number of carbonyl (C=O) groups excluding carboxylic acids is 1. The number of amides is 1. The zero-order valence-electron chi connectivity index (χ0n) is 15.2. The summed E-state index contributed by atoms with van der Waals surface area (Å²) in [5, 5.41) is 3.09. The van der Waals surface area contributed by atoms with E-state index in [-0.39, 0.29) is 17.2 Å². The Balaban J connectivity index is 1.94. The number of thioether (sulfide) groups is 1. The van der Waals surface area contributed by atoms with Crippen molar-refractivity contribution in [3.63, 3.8) is 0 Å². The van der Waals surface area contributed by atoms with Crippen LogP contribution >= 0.6 is 11.8 Å². The number of hydrogen-bond donors (Lipinski definition) is 1. The fraction of sp³-hybridized carbons (Fsp3) is 0.381. The second-order valence-corrected chi connectivity index (χ2v) is 7.79. The van der Waals surface area contributed by atoms with Gasteiger partial charge in [0, 0.05) is 5.75 Å². The first-order valence-electron chi connectivity index (χ1n) is 8.42. The van der Waals surface area contributed by atoms with Crippen LogP contribution in [0.5, 0.6) is 0 Å². The lowest BCUT2D eigenvalue weighted by atomic mass is 9.96. The van der Waals surface area contributed by atoms with Gasteiger partial charge in [-0.2, -0.15) is 0 Å². The molecule has 0 aromatic heterocycles. The van der Waals surface area contributed by atoms with E-state index < -0.39 is 0 Å². The summed E-state index contributed by atoms with van der Waals surface area (Å²) < 4.78 is 0. The van der Waals surface area contributed by atoms with Crippen molar-refractivity contribution in [2.45, 2.75) is 51.7 Å². The van der Waals surface area contributed by atoms with Crippen LogP contribution in [-0.4, -0.2) is 11.2 Å². The van der Waals surface area contributed by atoms with Crippen LogP contribution in [0.3, 0.4) is 0 Å². The molecule has 1 N–H and O–H groups in total. The number of nitrogens with one attached hydrogen (secondary N) is 1. The smallest absolute Gasteiger partial charge is 0.233 e. The summed E-state index contributed by atoms with van der Waals surface area (Å²) in [7, 11) is 0. The molecule has 2 nitrogen and oxygen atoms in total. The molecule has 0 bridgehead atoms. The zero-order chi connectivity index (χ0) is 17.7. The van der Waals surface area contributed by atoms with Crippen molar-refractivity contribution in [2.24, 2.45) is 0 Å². The van der Waals surface area contributed by atoms with Crippen LogP contribution in [0.2, 0.25) is 0 Å². The summed E-state index contributed by atoms with van der Waals surface area (Å²) in [6.45, 7) is 10.4. The Labute approximate surface area is 150 Å². The number of aryl methyl sites for hydroxylation is 3. The van der Waals surface area contributed by atoms with Crippen LogP contribution in [0.15, 0.2) is 42.5 Å². The molecule has 128 valence electrons. The number of rotatable bonds is 6. The van der Waals surface area contributed by atoms with Crippen LogP contribution in [-0.2, 0) is 10.5 Å². The van der Waals surface area contributed by atoms with Gasteiger partial charge >= 0.3 is 0 Å². The van der Waals surface area contributed by atoms with E-state index >= 15 is 0 Å². The molecule has 3 heteroatoms. The van der Waals surface area contributed by atoms with E-state index in [9.17, 15) is 4.79 Å². The lowest BCUT2D eigenvalue weighted by molar-refractivity contribution is -0.120. The first kappa shape index (κ1) is 18.6. The van der Waals surface area contributed by atoms with E-state index in [1.807, 2.05) is 25.1 Å². The van der Waals surface area contributed by atoms with Crippen LogP contribution in [0.25, 0.3) is 0 Å². The summed E-state index contributed by atoms with van der Waals surface area (Å²) in [5.74, 6) is 0.952. The molecule has 0 aliphatic heterocycles. The largest absolute Gasteiger partial charge is 0.349 e. The fourth-order valence-electron chi connectivity index (χ4n) is 2.73. The molecule has 0 aliphatic rings. The average molecular weight is 342 g/mol. The first-order chi connectivity index (χ1) is 11.4. The van der Waals surface area contributed by atoms with E-state index in [4.69, 9.17) is 0 Å². The van der Waals surface area contributed by atoms with Crippen molar-refractivity contribution < 1.29 is 4.79 Å². The Morgan fingerprint density at radius 1 is 1.00 bits per heavy atom. The van der Waals surface area contributed by atoms with Gasteiger partial charge in [0.1, 0.15) is 0 Å². The van der Waals surface area contributed by atoms with Crippen molar-refractivity contribution in [1.29, 1.82) is 0 Å². The lowest BCUT2D eigenvalue weighted by Gasteiger charge is -2.20. The first-order valence-corrected chi connectivity index (χ1v) is 9.47. The summed E-state index contributed by atoms with van der Waals surface area (Å²) in [6.07, 6.45) is 0. The highest BCUT2D eigenvalue weighted by atomic mass is 32.2. The van der Waals surface area contributed by atoms with Crippen LogP contribution in [0, 0.1) is 20.8 Å². The third kappa shape index (κ3) is 4.88. The highest BCUT2D eigenvalue weighted by Crippen LogP contribution is 2.23. The minimum atomic E-state index is -0.0699. The van der Waals surface area contributed by atoms with Crippen molar-refractivity contribution in [1.82, 2.24) is 5.32 Å². The quantitative estimate of drug-likeness (QED) is 0.791. The van der Waals surface area contributed by atoms with E-state index in [0.29, 0.717) is 0 Å². The van der Waals surface area contributed by atoms with Gasteiger partial charge in [0.25, 0.3) is 0 Å². The molecule has 0 saturated heterocycles. The van der Waals surface area contributed by atoms with Gasteiger partial charge in [0.15, 0.2) is 0 Å². The minimum Gasteiger partial charge on any atom is -0.349 e. The Morgan fingerprint density at radius 2 is 1.62 bits per heavy atom. The molecule has 0 spiro atoms. The maximum Gasteiger partial charge on any atom is 0.233 e. The number of benzene rings is 2. The molecular formula is C21H27NOS.